The van der Waals surface area contributed by atoms with Crippen molar-refractivity contribution in [3.05, 3.63) is 64.1 Å². The molecule has 1 atom stereocenters. The minimum Gasteiger partial charge on any atom is -0.491 e. The smallest absolute Gasteiger partial charge is 0.328 e. The predicted molar refractivity (Wildman–Crippen MR) is 87.0 cm³/mol. The second-order valence-electron chi connectivity index (χ2n) is 5.02. The number of nitrogens with one attached hydrogen (secondary N) is 2. The first kappa shape index (κ1) is 17.3. The zero-order valence-corrected chi connectivity index (χ0v) is 13.4. The second kappa shape index (κ2) is 7.96. The van der Waals surface area contributed by atoms with Gasteiger partial charge in [0, 0.05) is 18.7 Å². The number of aromatic amines is 1. The lowest BCUT2D eigenvalue weighted by Gasteiger charge is -2.16. The number of ether oxygens (including phenoxy) is 2. The van der Waals surface area contributed by atoms with Crippen molar-refractivity contribution in [1.82, 2.24) is 10.3 Å². The van der Waals surface area contributed by atoms with E-state index in [2.05, 4.69) is 10.3 Å². The fourth-order valence-corrected chi connectivity index (χ4v) is 2.17. The first-order valence-electron chi connectivity index (χ1n) is 7.24. The minimum absolute atomic E-state index is 0.0303. The highest BCUT2D eigenvalue weighted by Gasteiger charge is 2.23. The molecule has 2 rings (SSSR count). The summed E-state index contributed by atoms with van der Waals surface area (Å²) in [7, 11) is 2.61. The van der Waals surface area contributed by atoms with E-state index in [1.165, 1.54) is 20.4 Å². The molecule has 126 valence electrons. The summed E-state index contributed by atoms with van der Waals surface area (Å²) in [6.07, 6.45) is 1.57. The number of hydrogen-bond donors (Lipinski definition) is 2. The van der Waals surface area contributed by atoms with Gasteiger partial charge in [0.05, 0.1) is 14.2 Å². The summed E-state index contributed by atoms with van der Waals surface area (Å²) < 4.78 is 9.58. The molecule has 0 saturated carbocycles. The van der Waals surface area contributed by atoms with E-state index < -0.39 is 23.3 Å². The SMILES string of the molecule is COC(=O)[C@H](Cc1ccccc1)NC(=O)c1cc(=O)c(OC)c[nH]1. The van der Waals surface area contributed by atoms with Crippen molar-refractivity contribution in [3.63, 3.8) is 0 Å². The van der Waals surface area contributed by atoms with Gasteiger partial charge >= 0.3 is 5.97 Å². The fourth-order valence-electron chi connectivity index (χ4n) is 2.17. The standard InChI is InChI=1S/C17H18N2O5/c1-23-15-10-18-12(9-14(15)20)16(21)19-13(17(22)24-2)8-11-6-4-3-5-7-11/h3-7,9-10,13H,8H2,1-2H3,(H,18,20)(H,19,21)/t13-/m0/s1. The van der Waals surface area contributed by atoms with Crippen LogP contribution in [-0.4, -0.2) is 37.1 Å². The molecule has 1 heterocycles. The monoisotopic (exact) mass is 330 g/mol. The number of rotatable bonds is 6. The number of hydrogen-bond acceptors (Lipinski definition) is 5. The third-order valence-electron chi connectivity index (χ3n) is 3.42. The van der Waals surface area contributed by atoms with E-state index in [0.717, 1.165) is 11.6 Å². The largest absolute Gasteiger partial charge is 0.491 e. The van der Waals surface area contributed by atoms with Gasteiger partial charge in [-0.1, -0.05) is 30.3 Å². The Morgan fingerprint density at radius 2 is 1.92 bits per heavy atom. The van der Waals surface area contributed by atoms with Crippen LogP contribution in [0.2, 0.25) is 0 Å². The summed E-state index contributed by atoms with van der Waals surface area (Å²) >= 11 is 0. The number of methoxy groups -OCH3 is 2. The molecular formula is C17H18N2O5. The van der Waals surface area contributed by atoms with Crippen LogP contribution in [0.15, 0.2) is 47.4 Å². The molecule has 0 saturated heterocycles. The number of carbonyl (C=O) groups excluding carboxylic acids is 2. The van der Waals surface area contributed by atoms with Crippen molar-refractivity contribution >= 4 is 11.9 Å². The Morgan fingerprint density at radius 3 is 2.50 bits per heavy atom. The Bertz CT molecular complexity index is 770. The lowest BCUT2D eigenvalue weighted by molar-refractivity contribution is -0.142. The highest BCUT2D eigenvalue weighted by Crippen LogP contribution is 2.06. The summed E-state index contributed by atoms with van der Waals surface area (Å²) in [4.78, 5) is 38.6. The van der Waals surface area contributed by atoms with Crippen LogP contribution in [0.1, 0.15) is 16.1 Å². The van der Waals surface area contributed by atoms with Gasteiger partial charge in [-0.05, 0) is 5.56 Å². The maximum atomic E-state index is 12.3. The first-order chi connectivity index (χ1) is 11.5. The van der Waals surface area contributed by atoms with Crippen molar-refractivity contribution in [2.45, 2.75) is 12.5 Å². The van der Waals surface area contributed by atoms with Crippen molar-refractivity contribution in [3.8, 4) is 5.75 Å². The highest BCUT2D eigenvalue weighted by molar-refractivity contribution is 5.95. The molecule has 2 aromatic rings. The van der Waals surface area contributed by atoms with Gasteiger partial charge in [0.15, 0.2) is 5.75 Å². The number of H-pyrrole nitrogens is 1. The van der Waals surface area contributed by atoms with Gasteiger partial charge in [-0.3, -0.25) is 9.59 Å². The van der Waals surface area contributed by atoms with Crippen molar-refractivity contribution in [2.24, 2.45) is 0 Å². The molecule has 1 aromatic heterocycles. The van der Waals surface area contributed by atoms with Gasteiger partial charge in [0.2, 0.25) is 5.43 Å². The molecule has 7 heteroatoms. The zero-order chi connectivity index (χ0) is 17.5. The number of aromatic nitrogens is 1. The Hall–Kier alpha value is -3.09. The molecule has 24 heavy (non-hydrogen) atoms. The van der Waals surface area contributed by atoms with Crippen molar-refractivity contribution in [2.75, 3.05) is 14.2 Å². The van der Waals surface area contributed by atoms with Crippen LogP contribution in [0.25, 0.3) is 0 Å². The summed E-state index contributed by atoms with van der Waals surface area (Å²) in [6, 6.07) is 9.48. The fraction of sp³-hybridized carbons (Fsp3) is 0.235. The van der Waals surface area contributed by atoms with E-state index in [9.17, 15) is 14.4 Å². The van der Waals surface area contributed by atoms with E-state index in [1.807, 2.05) is 30.3 Å². The second-order valence-corrected chi connectivity index (χ2v) is 5.02. The molecule has 2 N–H and O–H groups in total. The van der Waals surface area contributed by atoms with Crippen LogP contribution in [0.5, 0.6) is 5.75 Å². The topological polar surface area (TPSA) is 97.5 Å². The van der Waals surface area contributed by atoms with Crippen molar-refractivity contribution in [1.29, 1.82) is 0 Å². The van der Waals surface area contributed by atoms with Crippen LogP contribution < -0.4 is 15.5 Å². The van der Waals surface area contributed by atoms with E-state index in [4.69, 9.17) is 9.47 Å². The molecule has 0 radical (unpaired) electrons. The molecule has 0 unspecified atom stereocenters. The molecule has 0 spiro atoms. The molecule has 7 nitrogen and oxygen atoms in total. The average Bonchev–Trinajstić information content (AvgIpc) is 2.61. The van der Waals surface area contributed by atoms with Crippen LogP contribution in [-0.2, 0) is 16.0 Å². The number of carbonyl (C=O) groups is 2. The zero-order valence-electron chi connectivity index (χ0n) is 13.4. The third-order valence-corrected chi connectivity index (χ3v) is 3.42. The first-order valence-corrected chi connectivity index (χ1v) is 7.24. The van der Waals surface area contributed by atoms with E-state index in [0.29, 0.717) is 0 Å². The predicted octanol–water partition coefficient (Wildman–Crippen LogP) is 0.898. The maximum Gasteiger partial charge on any atom is 0.328 e. The molecule has 0 bridgehead atoms. The summed E-state index contributed by atoms with van der Waals surface area (Å²) in [5, 5.41) is 2.57. The molecular weight excluding hydrogens is 312 g/mol. The van der Waals surface area contributed by atoms with Gasteiger partial charge in [-0.2, -0.15) is 0 Å². The quantitative estimate of drug-likeness (QED) is 0.767. The van der Waals surface area contributed by atoms with Crippen LogP contribution in [0.3, 0.4) is 0 Å². The van der Waals surface area contributed by atoms with Gasteiger partial charge in [0.1, 0.15) is 11.7 Å². The van der Waals surface area contributed by atoms with Gasteiger partial charge < -0.3 is 19.8 Å². The molecule has 0 aliphatic rings. The van der Waals surface area contributed by atoms with E-state index >= 15 is 0 Å². The summed E-state index contributed by atoms with van der Waals surface area (Å²) in [5.74, 6) is -1.05. The molecule has 0 aliphatic carbocycles. The lowest BCUT2D eigenvalue weighted by Crippen LogP contribution is -2.43. The number of esters is 1. The molecule has 1 aromatic carbocycles. The minimum atomic E-state index is -0.865. The van der Waals surface area contributed by atoms with Crippen molar-refractivity contribution < 1.29 is 19.1 Å². The number of benzene rings is 1. The van der Waals surface area contributed by atoms with Crippen LogP contribution in [0, 0.1) is 0 Å². The lowest BCUT2D eigenvalue weighted by atomic mass is 10.1. The molecule has 1 amide bonds. The normalized spacial score (nSPS) is 11.4. The van der Waals surface area contributed by atoms with E-state index in [-0.39, 0.29) is 17.9 Å². The Kier molecular flexibility index (Phi) is 5.73. The molecule has 0 aliphatic heterocycles. The maximum absolute atomic E-state index is 12.3. The van der Waals surface area contributed by atoms with E-state index in [1.54, 1.807) is 0 Å². The Labute approximate surface area is 138 Å². The summed E-state index contributed by atoms with van der Waals surface area (Å²) in [5.41, 5.74) is 0.471. The van der Waals surface area contributed by atoms with Crippen LogP contribution in [0.4, 0.5) is 0 Å². The average molecular weight is 330 g/mol. The number of amides is 1. The van der Waals surface area contributed by atoms with Gasteiger partial charge in [-0.25, -0.2) is 4.79 Å². The molecule has 0 fully saturated rings. The van der Waals surface area contributed by atoms with Gasteiger partial charge in [0.25, 0.3) is 5.91 Å². The number of pyridine rings is 1. The van der Waals surface area contributed by atoms with Gasteiger partial charge in [-0.15, -0.1) is 0 Å². The summed E-state index contributed by atoms with van der Waals surface area (Å²) in [6.45, 7) is 0. The Balaban J connectivity index is 2.16. The third kappa shape index (κ3) is 4.22. The van der Waals surface area contributed by atoms with Crippen LogP contribution >= 0.6 is 0 Å². The highest BCUT2D eigenvalue weighted by atomic mass is 16.5. The Morgan fingerprint density at radius 1 is 1.21 bits per heavy atom.